The Labute approximate surface area is 146 Å². The first-order valence-electron chi connectivity index (χ1n) is 7.75. The number of aromatic nitrogens is 2. The quantitative estimate of drug-likeness (QED) is 0.787. The molecule has 25 heavy (non-hydrogen) atoms. The molecule has 2 aromatic rings. The van der Waals surface area contributed by atoms with E-state index in [2.05, 4.69) is 5.10 Å². The second-order valence-corrected chi connectivity index (χ2v) is 8.19. The lowest BCUT2D eigenvalue weighted by Crippen LogP contribution is -2.24. The molecule has 0 amide bonds. The van der Waals surface area contributed by atoms with E-state index in [0.29, 0.717) is 11.1 Å². The predicted molar refractivity (Wildman–Crippen MR) is 93.9 cm³/mol. The molecule has 0 bridgehead atoms. The van der Waals surface area contributed by atoms with Crippen molar-refractivity contribution in [3.05, 3.63) is 50.9 Å². The molecule has 1 heterocycles. The molecule has 0 aliphatic rings. The topological polar surface area (TPSA) is 98.2 Å². The number of nitrogens with one attached hydrogen (secondary N) is 1. The smallest absolute Gasteiger partial charge is 0.277 e. The van der Waals surface area contributed by atoms with Gasteiger partial charge in [-0.15, -0.1) is 0 Å². The van der Waals surface area contributed by atoms with Crippen molar-refractivity contribution in [2.75, 3.05) is 13.4 Å². The fourth-order valence-electron chi connectivity index (χ4n) is 2.72. The number of H-pyrrole nitrogens is 1. The highest BCUT2D eigenvalue weighted by Gasteiger charge is 2.23. The molecule has 1 aromatic carbocycles. The molecule has 0 aliphatic heterocycles. The molecule has 0 radical (unpaired) electrons. The van der Waals surface area contributed by atoms with Gasteiger partial charge in [-0.05, 0) is 44.0 Å². The van der Waals surface area contributed by atoms with E-state index >= 15 is 0 Å². The normalized spacial score (nSPS) is 11.9. The summed E-state index contributed by atoms with van der Waals surface area (Å²) in [6, 6.07) is 2.73. The number of hydrogen-bond acceptors (Lipinski definition) is 5. The summed E-state index contributed by atoms with van der Waals surface area (Å²) >= 11 is 0. The van der Waals surface area contributed by atoms with Crippen LogP contribution in [0.4, 0.5) is 0 Å². The maximum absolute atomic E-state index is 12.8. The molecule has 0 aliphatic carbocycles. The number of benzene rings is 1. The van der Waals surface area contributed by atoms with Crippen molar-refractivity contribution in [3.8, 4) is 0 Å². The van der Waals surface area contributed by atoms with Gasteiger partial charge in [0.2, 0.25) is 0 Å². The van der Waals surface area contributed by atoms with E-state index in [-0.39, 0.29) is 28.7 Å². The summed E-state index contributed by atoms with van der Waals surface area (Å²) in [5.74, 6) is -0.449. The maximum atomic E-state index is 12.8. The van der Waals surface area contributed by atoms with Crippen molar-refractivity contribution in [1.29, 1.82) is 0 Å². The van der Waals surface area contributed by atoms with Gasteiger partial charge in [-0.2, -0.15) is 0 Å². The molecule has 0 atom stereocenters. The second kappa shape index (κ2) is 6.97. The SMILES string of the molecule is COCc1c(S(C)(=O)=O)ccc(C(=O)c2c[nH]n(C(C)C)c2=O)c1C. The van der Waals surface area contributed by atoms with Crippen molar-refractivity contribution in [1.82, 2.24) is 9.78 Å². The highest BCUT2D eigenvalue weighted by atomic mass is 32.2. The third-order valence-electron chi connectivity index (χ3n) is 4.05. The first kappa shape index (κ1) is 19.1. The van der Waals surface area contributed by atoms with Gasteiger partial charge in [-0.3, -0.25) is 14.3 Å². The molecule has 7 nitrogen and oxygen atoms in total. The summed E-state index contributed by atoms with van der Waals surface area (Å²) < 4.78 is 30.4. The molecule has 1 N–H and O–H groups in total. The number of carbonyl (C=O) groups is 1. The average molecular weight is 366 g/mol. The summed E-state index contributed by atoms with van der Waals surface area (Å²) in [7, 11) is -2.01. The van der Waals surface area contributed by atoms with Gasteiger partial charge in [-0.25, -0.2) is 8.42 Å². The van der Waals surface area contributed by atoms with Crippen LogP contribution >= 0.6 is 0 Å². The largest absolute Gasteiger partial charge is 0.380 e. The zero-order chi connectivity index (χ0) is 18.9. The van der Waals surface area contributed by atoms with Crippen LogP contribution in [0, 0.1) is 6.92 Å². The molecular weight excluding hydrogens is 344 g/mol. The molecule has 0 fully saturated rings. The highest BCUT2D eigenvalue weighted by molar-refractivity contribution is 7.90. The maximum Gasteiger partial charge on any atom is 0.277 e. The molecule has 1 aromatic heterocycles. The van der Waals surface area contributed by atoms with Crippen LogP contribution in [0.1, 0.15) is 46.9 Å². The predicted octanol–water partition coefficient (Wildman–Crippen LogP) is 1.85. The summed E-state index contributed by atoms with van der Waals surface area (Å²) in [5, 5.41) is 2.78. The number of carbonyl (C=O) groups excluding carboxylic acids is 1. The van der Waals surface area contributed by atoms with Gasteiger partial charge in [0, 0.05) is 31.2 Å². The number of ether oxygens (including phenoxy) is 1. The Hall–Kier alpha value is -2.19. The third-order valence-corrected chi connectivity index (χ3v) is 5.23. The van der Waals surface area contributed by atoms with Crippen molar-refractivity contribution < 1.29 is 17.9 Å². The van der Waals surface area contributed by atoms with Gasteiger partial charge < -0.3 is 9.84 Å². The Balaban J connectivity index is 2.62. The van der Waals surface area contributed by atoms with E-state index in [9.17, 15) is 18.0 Å². The Morgan fingerprint density at radius 1 is 1.28 bits per heavy atom. The number of ketones is 1. The van der Waals surface area contributed by atoms with Gasteiger partial charge >= 0.3 is 0 Å². The monoisotopic (exact) mass is 366 g/mol. The highest BCUT2D eigenvalue weighted by Crippen LogP contribution is 2.25. The van der Waals surface area contributed by atoms with E-state index in [0.717, 1.165) is 6.26 Å². The van der Waals surface area contributed by atoms with Crippen molar-refractivity contribution in [2.45, 2.75) is 38.3 Å². The number of sulfone groups is 1. The lowest BCUT2D eigenvalue weighted by Gasteiger charge is -2.14. The van der Waals surface area contributed by atoms with Crippen molar-refractivity contribution >= 4 is 15.6 Å². The van der Waals surface area contributed by atoms with Crippen LogP contribution in [0.25, 0.3) is 0 Å². The molecule has 136 valence electrons. The van der Waals surface area contributed by atoms with Crippen LogP contribution in [0.5, 0.6) is 0 Å². The number of nitrogens with zero attached hydrogens (tertiary/aromatic N) is 1. The minimum absolute atomic E-state index is 0.0206. The number of aromatic amines is 1. The van der Waals surface area contributed by atoms with E-state index < -0.39 is 21.2 Å². The third kappa shape index (κ3) is 3.59. The standard InChI is InChI=1S/C17H22N2O5S/c1-10(2)19-17(21)13(8-18-19)16(20)12-6-7-15(25(5,22)23)14(9-24-4)11(12)3/h6-8,10,18H,9H2,1-5H3. The van der Waals surface area contributed by atoms with Crippen LogP contribution in [0.3, 0.4) is 0 Å². The molecule has 0 spiro atoms. The lowest BCUT2D eigenvalue weighted by molar-refractivity contribution is 0.103. The van der Waals surface area contributed by atoms with Gasteiger partial charge in [-0.1, -0.05) is 0 Å². The number of rotatable bonds is 6. The van der Waals surface area contributed by atoms with Crippen molar-refractivity contribution in [3.63, 3.8) is 0 Å². The van der Waals surface area contributed by atoms with Crippen LogP contribution < -0.4 is 5.56 Å². The van der Waals surface area contributed by atoms with Crippen LogP contribution in [-0.4, -0.2) is 37.3 Å². The minimum atomic E-state index is -3.46. The minimum Gasteiger partial charge on any atom is -0.380 e. The summed E-state index contributed by atoms with van der Waals surface area (Å²) in [6.07, 6.45) is 2.49. The molecule has 8 heteroatoms. The van der Waals surface area contributed by atoms with E-state index in [1.165, 1.54) is 30.1 Å². The van der Waals surface area contributed by atoms with Crippen LogP contribution in [-0.2, 0) is 21.2 Å². The first-order valence-corrected chi connectivity index (χ1v) is 9.64. The van der Waals surface area contributed by atoms with E-state index in [1.54, 1.807) is 6.92 Å². The van der Waals surface area contributed by atoms with Crippen molar-refractivity contribution in [2.24, 2.45) is 0 Å². The second-order valence-electron chi connectivity index (χ2n) is 6.21. The fourth-order valence-corrected chi connectivity index (χ4v) is 3.70. The Bertz CT molecular complexity index is 967. The summed E-state index contributed by atoms with van der Waals surface area (Å²) in [5.41, 5.74) is 0.820. The number of methoxy groups -OCH3 is 1. The Kier molecular flexibility index (Phi) is 5.34. The van der Waals surface area contributed by atoms with Gasteiger partial charge in [0.25, 0.3) is 5.56 Å². The molecule has 0 saturated heterocycles. The first-order chi connectivity index (χ1) is 11.6. The van der Waals surface area contributed by atoms with Crippen LogP contribution in [0.15, 0.2) is 28.0 Å². The van der Waals surface area contributed by atoms with Gasteiger partial charge in [0.15, 0.2) is 15.6 Å². The number of hydrogen-bond donors (Lipinski definition) is 1. The fraction of sp³-hybridized carbons (Fsp3) is 0.412. The zero-order valence-corrected chi connectivity index (χ0v) is 15.7. The molecular formula is C17H22N2O5S. The zero-order valence-electron chi connectivity index (χ0n) is 14.9. The Morgan fingerprint density at radius 2 is 1.92 bits per heavy atom. The van der Waals surface area contributed by atoms with Crippen LogP contribution in [0.2, 0.25) is 0 Å². The van der Waals surface area contributed by atoms with E-state index in [1.807, 2.05) is 13.8 Å². The van der Waals surface area contributed by atoms with Gasteiger partial charge in [0.05, 0.1) is 11.5 Å². The summed E-state index contributed by atoms with van der Waals surface area (Å²) in [4.78, 5) is 25.3. The average Bonchev–Trinajstić information content (AvgIpc) is 2.89. The van der Waals surface area contributed by atoms with E-state index in [4.69, 9.17) is 4.74 Å². The van der Waals surface area contributed by atoms with Gasteiger partial charge in [0.1, 0.15) is 5.56 Å². The Morgan fingerprint density at radius 3 is 2.40 bits per heavy atom. The lowest BCUT2D eigenvalue weighted by atomic mass is 9.97. The molecule has 0 unspecified atom stereocenters. The molecule has 2 rings (SSSR count). The molecule has 0 saturated carbocycles. The summed E-state index contributed by atoms with van der Waals surface area (Å²) in [6.45, 7) is 5.37.